The van der Waals surface area contributed by atoms with Crippen LogP contribution in [-0.2, 0) is 0 Å². The van der Waals surface area contributed by atoms with E-state index in [1.54, 1.807) is 0 Å². The average Bonchev–Trinajstić information content (AvgIpc) is 2.70. The minimum absolute atomic E-state index is 0.0563. The van der Waals surface area contributed by atoms with E-state index < -0.39 is 0 Å². The molecule has 0 spiro atoms. The van der Waals surface area contributed by atoms with Crippen molar-refractivity contribution < 1.29 is 9.84 Å². The van der Waals surface area contributed by atoms with Gasteiger partial charge in [-0.25, -0.2) is 0 Å². The van der Waals surface area contributed by atoms with Crippen molar-refractivity contribution in [3.05, 3.63) is 23.8 Å². The highest BCUT2D eigenvalue weighted by Crippen LogP contribution is 2.18. The van der Waals surface area contributed by atoms with E-state index in [1.807, 2.05) is 25.2 Å². The summed E-state index contributed by atoms with van der Waals surface area (Å²) in [5.41, 5.74) is 6.29. The molecule has 0 radical (unpaired) electrons. The van der Waals surface area contributed by atoms with Crippen LogP contribution in [0.15, 0.2) is 23.8 Å². The topological polar surface area (TPSA) is 81.3 Å². The Kier molecular flexibility index (Phi) is 5.52. The predicted octanol–water partition coefficient (Wildman–Crippen LogP) is 1.38. The molecule has 6 heteroatoms. The molecule has 0 saturated heterocycles. The number of ether oxygens (including phenoxy) is 1. The van der Waals surface area contributed by atoms with Crippen molar-refractivity contribution in [2.24, 2.45) is 0 Å². The maximum atomic E-state index is 8.88. The highest BCUT2D eigenvalue weighted by Gasteiger charge is 1.99. The van der Waals surface area contributed by atoms with Crippen LogP contribution in [0.2, 0.25) is 0 Å². The third kappa shape index (κ3) is 4.41. The summed E-state index contributed by atoms with van der Waals surface area (Å²) in [5, 5.41) is 17.1. The van der Waals surface area contributed by atoms with Crippen molar-refractivity contribution >= 4 is 16.5 Å². The maximum Gasteiger partial charge on any atom is 0.295 e. The van der Waals surface area contributed by atoms with E-state index in [0.29, 0.717) is 16.9 Å². The molecular weight excluding hydrogens is 226 g/mol. The number of nitrogen functional groups attached to an aromatic ring is 1. The monoisotopic (exact) mass is 241 g/mol. The first-order valence-corrected chi connectivity index (χ1v) is 5.72. The molecule has 0 aliphatic rings. The quantitative estimate of drug-likeness (QED) is 0.581. The standard InChI is InChI=1S/C10H15N3O2S/c1-2-8(7-14)5-3-4-6-15-10-13-12-9(11)16-10/h2-3,5,14H,4,6-7H2,1H3,(H2,11,12)/b5-3-,8-2+. The Hall–Kier alpha value is -1.40. The van der Waals surface area contributed by atoms with Crippen LogP contribution in [0.1, 0.15) is 13.3 Å². The van der Waals surface area contributed by atoms with Crippen molar-refractivity contribution in [3.63, 3.8) is 0 Å². The van der Waals surface area contributed by atoms with Gasteiger partial charge in [0.15, 0.2) is 0 Å². The summed E-state index contributed by atoms with van der Waals surface area (Å²) in [7, 11) is 0. The summed E-state index contributed by atoms with van der Waals surface area (Å²) in [6, 6.07) is 0. The molecule has 0 unspecified atom stereocenters. The van der Waals surface area contributed by atoms with Crippen molar-refractivity contribution in [2.45, 2.75) is 13.3 Å². The molecule has 1 aromatic heterocycles. The Morgan fingerprint density at radius 1 is 1.56 bits per heavy atom. The van der Waals surface area contributed by atoms with Gasteiger partial charge in [0.1, 0.15) is 0 Å². The van der Waals surface area contributed by atoms with Crippen LogP contribution in [0.25, 0.3) is 0 Å². The lowest BCUT2D eigenvalue weighted by atomic mass is 10.2. The maximum absolute atomic E-state index is 8.88. The molecule has 0 fully saturated rings. The minimum atomic E-state index is 0.0563. The molecule has 88 valence electrons. The molecule has 1 heterocycles. The first-order chi connectivity index (χ1) is 7.76. The van der Waals surface area contributed by atoms with E-state index in [2.05, 4.69) is 10.2 Å². The lowest BCUT2D eigenvalue weighted by Crippen LogP contribution is -1.95. The Morgan fingerprint density at radius 3 is 2.94 bits per heavy atom. The highest BCUT2D eigenvalue weighted by molar-refractivity contribution is 7.16. The third-order valence-electron chi connectivity index (χ3n) is 1.82. The number of aliphatic hydroxyl groups is 1. The van der Waals surface area contributed by atoms with Crippen molar-refractivity contribution in [1.82, 2.24) is 10.2 Å². The number of aromatic nitrogens is 2. The van der Waals surface area contributed by atoms with Gasteiger partial charge in [0.05, 0.1) is 13.2 Å². The Labute approximate surface area is 98.3 Å². The zero-order valence-corrected chi connectivity index (χ0v) is 9.91. The summed E-state index contributed by atoms with van der Waals surface area (Å²) in [5.74, 6) is 0. The van der Waals surface area contributed by atoms with Crippen LogP contribution in [0.5, 0.6) is 5.19 Å². The van der Waals surface area contributed by atoms with Crippen LogP contribution in [0.3, 0.4) is 0 Å². The van der Waals surface area contributed by atoms with Crippen molar-refractivity contribution in [2.75, 3.05) is 18.9 Å². The summed E-state index contributed by atoms with van der Waals surface area (Å²) in [4.78, 5) is 0. The first kappa shape index (κ1) is 12.7. The van der Waals surface area contributed by atoms with E-state index in [0.717, 1.165) is 12.0 Å². The smallest absolute Gasteiger partial charge is 0.295 e. The van der Waals surface area contributed by atoms with Gasteiger partial charge in [-0.3, -0.25) is 0 Å². The lowest BCUT2D eigenvalue weighted by molar-refractivity contribution is 0.320. The molecule has 1 rings (SSSR count). The molecule has 0 saturated carbocycles. The van der Waals surface area contributed by atoms with E-state index in [4.69, 9.17) is 15.6 Å². The summed E-state index contributed by atoms with van der Waals surface area (Å²) < 4.78 is 5.31. The van der Waals surface area contributed by atoms with Crippen LogP contribution in [0.4, 0.5) is 5.13 Å². The zero-order chi connectivity index (χ0) is 11.8. The van der Waals surface area contributed by atoms with Gasteiger partial charge in [-0.05, 0) is 30.3 Å². The van der Waals surface area contributed by atoms with Gasteiger partial charge in [0.25, 0.3) is 5.19 Å². The van der Waals surface area contributed by atoms with E-state index in [9.17, 15) is 0 Å². The summed E-state index contributed by atoms with van der Waals surface area (Å²) in [6.45, 7) is 2.46. The second-order valence-electron chi connectivity index (χ2n) is 2.97. The largest absolute Gasteiger partial charge is 0.469 e. The van der Waals surface area contributed by atoms with Gasteiger partial charge in [-0.15, -0.1) is 5.10 Å². The normalized spacial score (nSPS) is 12.2. The van der Waals surface area contributed by atoms with Crippen LogP contribution in [0, 0.1) is 0 Å². The number of hydrogen-bond acceptors (Lipinski definition) is 6. The molecule has 0 aliphatic carbocycles. The van der Waals surface area contributed by atoms with Gasteiger partial charge in [-0.1, -0.05) is 23.3 Å². The van der Waals surface area contributed by atoms with Gasteiger partial charge in [0, 0.05) is 0 Å². The number of nitrogens with two attached hydrogens (primary N) is 1. The number of anilines is 1. The predicted molar refractivity (Wildman–Crippen MR) is 64.4 cm³/mol. The zero-order valence-electron chi connectivity index (χ0n) is 9.09. The molecule has 0 aliphatic heterocycles. The molecule has 1 aromatic rings. The molecule has 0 amide bonds. The molecule has 0 atom stereocenters. The summed E-state index contributed by atoms with van der Waals surface area (Å²) >= 11 is 1.22. The SMILES string of the molecule is C/C=C(\C=C/CCOc1nnc(N)s1)CO. The number of rotatable bonds is 6. The van der Waals surface area contributed by atoms with Crippen LogP contribution < -0.4 is 10.5 Å². The van der Waals surface area contributed by atoms with Crippen molar-refractivity contribution in [1.29, 1.82) is 0 Å². The Balaban J connectivity index is 2.21. The number of hydrogen-bond donors (Lipinski definition) is 2. The number of nitrogens with zero attached hydrogens (tertiary/aromatic N) is 2. The Morgan fingerprint density at radius 2 is 2.38 bits per heavy atom. The van der Waals surface area contributed by atoms with Gasteiger partial charge < -0.3 is 15.6 Å². The fourth-order valence-corrected chi connectivity index (χ4v) is 1.45. The van der Waals surface area contributed by atoms with Crippen molar-refractivity contribution in [3.8, 4) is 5.19 Å². The van der Waals surface area contributed by atoms with Crippen LogP contribution in [-0.4, -0.2) is 28.5 Å². The van der Waals surface area contributed by atoms with Crippen LogP contribution >= 0.6 is 11.3 Å². The van der Waals surface area contributed by atoms with E-state index in [-0.39, 0.29) is 6.61 Å². The second kappa shape index (κ2) is 6.97. The molecule has 5 nitrogen and oxygen atoms in total. The lowest BCUT2D eigenvalue weighted by Gasteiger charge is -1.97. The molecule has 0 bridgehead atoms. The number of aliphatic hydroxyl groups excluding tert-OH is 1. The summed E-state index contributed by atoms with van der Waals surface area (Å²) in [6.07, 6.45) is 6.42. The Bertz CT molecular complexity index is 374. The minimum Gasteiger partial charge on any atom is -0.469 e. The van der Waals surface area contributed by atoms with Gasteiger partial charge in [-0.2, -0.15) is 0 Å². The fourth-order valence-electron chi connectivity index (χ4n) is 0.968. The van der Waals surface area contributed by atoms with Gasteiger partial charge >= 0.3 is 0 Å². The molecule has 3 N–H and O–H groups in total. The van der Waals surface area contributed by atoms with E-state index in [1.165, 1.54) is 11.3 Å². The fraction of sp³-hybridized carbons (Fsp3) is 0.400. The molecule has 0 aromatic carbocycles. The molecule has 16 heavy (non-hydrogen) atoms. The second-order valence-corrected chi connectivity index (χ2v) is 3.94. The third-order valence-corrected chi connectivity index (χ3v) is 2.48. The first-order valence-electron chi connectivity index (χ1n) is 4.90. The van der Waals surface area contributed by atoms with E-state index >= 15 is 0 Å². The number of allylic oxidation sites excluding steroid dienone is 1. The van der Waals surface area contributed by atoms with Gasteiger partial charge in [0.2, 0.25) is 5.13 Å². The average molecular weight is 241 g/mol. The molecular formula is C10H15N3O2S. The highest BCUT2D eigenvalue weighted by atomic mass is 32.1.